The lowest BCUT2D eigenvalue weighted by molar-refractivity contribution is 0.644. The number of hydrogen-bond donors (Lipinski definition) is 0. The molecule has 1 aromatic carbocycles. The Morgan fingerprint density at radius 3 is 2.74 bits per heavy atom. The van der Waals surface area contributed by atoms with Crippen LogP contribution in [-0.4, -0.2) is 30.9 Å². The van der Waals surface area contributed by atoms with E-state index in [0.717, 1.165) is 20.0 Å². The molecule has 0 aliphatic carbocycles. The number of thioether (sulfide) groups is 2. The molecular weight excluding hydrogens is 350 g/mol. The van der Waals surface area contributed by atoms with Crippen LogP contribution >= 0.6 is 34.9 Å². The van der Waals surface area contributed by atoms with Crippen molar-refractivity contribution >= 4 is 45.8 Å². The molecule has 0 atom stereocenters. The van der Waals surface area contributed by atoms with Crippen molar-refractivity contribution in [1.29, 1.82) is 0 Å². The number of hydrogen-bond acceptors (Lipinski definition) is 8. The van der Waals surface area contributed by atoms with Crippen molar-refractivity contribution in [2.75, 3.05) is 5.75 Å². The van der Waals surface area contributed by atoms with Crippen LogP contribution in [0.2, 0.25) is 0 Å². The molecule has 0 radical (unpaired) electrons. The molecule has 0 aliphatic rings. The molecule has 0 aliphatic heterocycles. The zero-order chi connectivity index (χ0) is 16.2. The van der Waals surface area contributed by atoms with Crippen LogP contribution in [-0.2, 0) is 5.88 Å². The number of aromatic nitrogens is 5. The fraction of sp³-hybridized carbons (Fsp3) is 0.214. The van der Waals surface area contributed by atoms with Gasteiger partial charge in [-0.15, -0.1) is 15.3 Å². The summed E-state index contributed by atoms with van der Waals surface area (Å²) in [5.41, 5.74) is 1.55. The van der Waals surface area contributed by atoms with Crippen molar-refractivity contribution in [1.82, 2.24) is 25.2 Å². The molecule has 6 nitrogen and oxygen atoms in total. The third-order valence-electron chi connectivity index (χ3n) is 2.77. The van der Waals surface area contributed by atoms with Crippen LogP contribution in [0.1, 0.15) is 6.92 Å². The molecule has 9 heteroatoms. The van der Waals surface area contributed by atoms with E-state index in [0.29, 0.717) is 16.8 Å². The second-order valence-electron chi connectivity index (χ2n) is 4.76. The maximum atomic E-state index is 12.3. The predicted molar refractivity (Wildman–Crippen MR) is 95.1 cm³/mol. The smallest absolute Gasteiger partial charge is 0.267 e. The Hall–Kier alpha value is -1.71. The van der Waals surface area contributed by atoms with E-state index >= 15 is 0 Å². The fourth-order valence-corrected chi connectivity index (χ4v) is 4.44. The van der Waals surface area contributed by atoms with Crippen LogP contribution < -0.4 is 5.56 Å². The summed E-state index contributed by atoms with van der Waals surface area (Å²) >= 11 is 4.54. The normalized spacial score (nSPS) is 11.0. The van der Waals surface area contributed by atoms with Crippen molar-refractivity contribution in [2.24, 2.45) is 0 Å². The van der Waals surface area contributed by atoms with Crippen molar-refractivity contribution in [3.63, 3.8) is 0 Å². The van der Waals surface area contributed by atoms with Gasteiger partial charge in [0.05, 0.1) is 11.3 Å². The summed E-state index contributed by atoms with van der Waals surface area (Å²) in [6.07, 6.45) is 0. The van der Waals surface area contributed by atoms with Gasteiger partial charge < -0.3 is 0 Å². The maximum absolute atomic E-state index is 12.3. The molecule has 3 rings (SSSR count). The molecule has 0 amide bonds. The van der Waals surface area contributed by atoms with Gasteiger partial charge in [0.15, 0.2) is 8.68 Å². The molecule has 0 spiro atoms. The van der Waals surface area contributed by atoms with Gasteiger partial charge in [0.2, 0.25) is 0 Å². The monoisotopic (exact) mass is 363 g/mol. The Morgan fingerprint density at radius 2 is 1.96 bits per heavy atom. The van der Waals surface area contributed by atoms with E-state index in [9.17, 15) is 4.79 Å². The summed E-state index contributed by atoms with van der Waals surface area (Å²) in [5.74, 6) is 1.19. The lowest BCUT2D eigenvalue weighted by Gasteiger charge is -2.02. The van der Waals surface area contributed by atoms with Gasteiger partial charge in [-0.25, -0.2) is 0 Å². The molecule has 2 aromatic heterocycles. The van der Waals surface area contributed by atoms with E-state index < -0.39 is 0 Å². The number of benzene rings is 1. The predicted octanol–water partition coefficient (Wildman–Crippen LogP) is 3.06. The number of rotatable bonds is 6. The second kappa shape index (κ2) is 7.24. The van der Waals surface area contributed by atoms with Crippen LogP contribution in [0.5, 0.6) is 0 Å². The van der Waals surface area contributed by atoms with Gasteiger partial charge in [0.1, 0.15) is 5.52 Å². The van der Waals surface area contributed by atoms with Gasteiger partial charge in [-0.05, 0) is 19.1 Å². The molecule has 2 heterocycles. The molecule has 3 aromatic rings. The molecule has 0 bridgehead atoms. The Balaban J connectivity index is 1.70. The fourth-order valence-electron chi connectivity index (χ4n) is 1.72. The van der Waals surface area contributed by atoms with E-state index in [1.807, 2.05) is 19.1 Å². The number of nitrogens with zero attached hydrogens (tertiary/aromatic N) is 5. The Bertz CT molecular complexity index is 905. The summed E-state index contributed by atoms with van der Waals surface area (Å²) < 4.78 is 3.04. The molecular formula is C14H13N5OS3. The van der Waals surface area contributed by atoms with E-state index in [-0.39, 0.29) is 5.56 Å². The Morgan fingerprint density at radius 1 is 1.22 bits per heavy atom. The van der Waals surface area contributed by atoms with Gasteiger partial charge in [0, 0.05) is 5.75 Å². The molecule has 0 saturated carbocycles. The van der Waals surface area contributed by atoms with Crippen molar-refractivity contribution < 1.29 is 0 Å². The first-order chi connectivity index (χ1) is 11.1. The van der Waals surface area contributed by atoms with E-state index in [2.05, 4.69) is 27.1 Å². The highest BCUT2D eigenvalue weighted by molar-refractivity contribution is 8.02. The highest BCUT2D eigenvalue weighted by atomic mass is 32.2. The van der Waals surface area contributed by atoms with Crippen LogP contribution in [0.25, 0.3) is 10.9 Å². The Labute approximate surface area is 145 Å². The third-order valence-corrected chi connectivity index (χ3v) is 6.16. The summed E-state index contributed by atoms with van der Waals surface area (Å²) in [6, 6.07) is 7.18. The first-order valence-corrected chi connectivity index (χ1v) is 9.48. The van der Waals surface area contributed by atoms with Crippen LogP contribution in [0.3, 0.4) is 0 Å². The average Bonchev–Trinajstić information content (AvgIpc) is 3.00. The van der Waals surface area contributed by atoms with E-state index in [4.69, 9.17) is 0 Å². The summed E-state index contributed by atoms with van der Waals surface area (Å²) in [5, 5.41) is 16.8. The minimum atomic E-state index is -0.149. The first-order valence-electron chi connectivity index (χ1n) is 6.69. The SMILES string of the molecule is C=C(C)CSc1nnc(SCn2nnc3ccccc3c2=O)s1. The third kappa shape index (κ3) is 3.98. The molecule has 118 valence electrons. The lowest BCUT2D eigenvalue weighted by atomic mass is 10.2. The summed E-state index contributed by atoms with van der Waals surface area (Å²) in [6.45, 7) is 5.85. The average molecular weight is 363 g/mol. The van der Waals surface area contributed by atoms with Crippen LogP contribution in [0.15, 0.2) is 49.9 Å². The topological polar surface area (TPSA) is 73.6 Å². The van der Waals surface area contributed by atoms with Crippen molar-refractivity contribution in [3.8, 4) is 0 Å². The van der Waals surface area contributed by atoms with E-state index in [1.54, 1.807) is 23.9 Å². The van der Waals surface area contributed by atoms with Crippen molar-refractivity contribution in [3.05, 3.63) is 46.8 Å². The minimum Gasteiger partial charge on any atom is -0.267 e. The zero-order valence-electron chi connectivity index (χ0n) is 12.3. The number of fused-ring (bicyclic) bond motifs is 1. The minimum absolute atomic E-state index is 0.149. The molecule has 0 N–H and O–H groups in total. The van der Waals surface area contributed by atoms with Gasteiger partial charge in [0.25, 0.3) is 5.56 Å². The first kappa shape index (κ1) is 16.2. The van der Waals surface area contributed by atoms with Crippen LogP contribution in [0, 0.1) is 0 Å². The quantitative estimate of drug-likeness (QED) is 0.492. The van der Waals surface area contributed by atoms with Crippen molar-refractivity contribution in [2.45, 2.75) is 21.5 Å². The second-order valence-corrected chi connectivity index (χ2v) is 8.16. The van der Waals surface area contributed by atoms with Crippen LogP contribution in [0.4, 0.5) is 0 Å². The molecule has 0 unspecified atom stereocenters. The molecule has 0 fully saturated rings. The lowest BCUT2D eigenvalue weighted by Crippen LogP contribution is -2.23. The molecule has 23 heavy (non-hydrogen) atoms. The highest BCUT2D eigenvalue weighted by Gasteiger charge is 2.09. The van der Waals surface area contributed by atoms with Gasteiger partial charge in [-0.3, -0.25) is 4.79 Å². The largest absolute Gasteiger partial charge is 0.278 e. The summed E-state index contributed by atoms with van der Waals surface area (Å²) in [7, 11) is 0. The standard InChI is InChI=1S/C14H13N5OS3/c1-9(2)7-21-13-16-17-14(23-13)22-8-19-12(20)10-5-3-4-6-11(10)15-18-19/h3-6H,1,7-8H2,2H3. The Kier molecular flexibility index (Phi) is 5.09. The zero-order valence-corrected chi connectivity index (χ0v) is 14.7. The van der Waals surface area contributed by atoms with Gasteiger partial charge >= 0.3 is 0 Å². The maximum Gasteiger partial charge on any atom is 0.278 e. The van der Waals surface area contributed by atoms with Gasteiger partial charge in [-0.1, -0.05) is 64.4 Å². The van der Waals surface area contributed by atoms with Gasteiger partial charge in [-0.2, -0.15) is 4.68 Å². The summed E-state index contributed by atoms with van der Waals surface area (Å²) in [4.78, 5) is 12.3. The van der Waals surface area contributed by atoms with E-state index in [1.165, 1.54) is 27.8 Å². The highest BCUT2D eigenvalue weighted by Crippen LogP contribution is 2.29. The molecule has 0 saturated heterocycles.